The lowest BCUT2D eigenvalue weighted by Crippen LogP contribution is -2.32. The van der Waals surface area contributed by atoms with E-state index in [2.05, 4.69) is 10.1 Å². The number of hydrogen-bond donors (Lipinski definition) is 2. The van der Waals surface area contributed by atoms with Crippen LogP contribution in [0.5, 0.6) is 0 Å². The van der Waals surface area contributed by atoms with Crippen molar-refractivity contribution >= 4 is 28.8 Å². The lowest BCUT2D eigenvalue weighted by Gasteiger charge is -2.12. The molecule has 3 N–H and O–H groups in total. The fourth-order valence-electron chi connectivity index (χ4n) is 1.36. The van der Waals surface area contributed by atoms with Gasteiger partial charge in [-0.05, 0) is 0 Å². The van der Waals surface area contributed by atoms with Crippen molar-refractivity contribution in [3.05, 3.63) is 29.0 Å². The van der Waals surface area contributed by atoms with E-state index >= 15 is 0 Å². The average Bonchev–Trinajstić information content (AvgIpc) is 2.99. The molecule has 0 aromatic carbocycles. The molecule has 0 saturated carbocycles. The number of carbonyl (C=O) groups excluding carboxylic acids is 2. The molecule has 7 nitrogen and oxygen atoms in total. The van der Waals surface area contributed by atoms with Crippen LogP contribution in [0.25, 0.3) is 0 Å². The van der Waals surface area contributed by atoms with Crippen LogP contribution >= 0.6 is 11.3 Å². The van der Waals surface area contributed by atoms with Crippen molar-refractivity contribution in [3.63, 3.8) is 0 Å². The predicted molar refractivity (Wildman–Crippen MR) is 66.1 cm³/mol. The molecule has 2 aromatic heterocycles. The van der Waals surface area contributed by atoms with E-state index in [0.29, 0.717) is 11.3 Å². The number of anilines is 1. The molecule has 0 atom stereocenters. The van der Waals surface area contributed by atoms with Crippen LogP contribution in [0.1, 0.15) is 5.01 Å². The number of alkyl halides is 2. The van der Waals surface area contributed by atoms with Gasteiger partial charge >= 0.3 is 11.8 Å². The number of nitrogens with two attached hydrogens (primary N) is 1. The number of aromatic nitrogens is 3. The molecular formula is C10H9F2N5O2S. The summed E-state index contributed by atoms with van der Waals surface area (Å²) < 4.78 is 28.6. The number of hydrogen-bond acceptors (Lipinski definition) is 5. The maximum atomic E-state index is 13.7. The van der Waals surface area contributed by atoms with E-state index in [1.54, 1.807) is 0 Å². The van der Waals surface area contributed by atoms with E-state index in [1.807, 2.05) is 5.32 Å². The van der Waals surface area contributed by atoms with Crippen molar-refractivity contribution in [2.45, 2.75) is 12.5 Å². The monoisotopic (exact) mass is 301 g/mol. The summed E-state index contributed by atoms with van der Waals surface area (Å²) in [6, 6.07) is 0. The minimum Gasteiger partial charge on any atom is -0.368 e. The molecule has 2 aromatic rings. The zero-order chi connectivity index (χ0) is 14.8. The molecule has 20 heavy (non-hydrogen) atoms. The summed E-state index contributed by atoms with van der Waals surface area (Å²) in [5.41, 5.74) is 4.99. The quantitative estimate of drug-likeness (QED) is 0.842. The highest BCUT2D eigenvalue weighted by molar-refractivity contribution is 7.09. The Kier molecular flexibility index (Phi) is 3.74. The van der Waals surface area contributed by atoms with Crippen molar-refractivity contribution in [2.75, 3.05) is 5.32 Å². The largest absolute Gasteiger partial charge is 0.375 e. The van der Waals surface area contributed by atoms with Crippen LogP contribution in [0.4, 0.5) is 14.5 Å². The van der Waals surface area contributed by atoms with Gasteiger partial charge in [-0.2, -0.15) is 13.9 Å². The summed E-state index contributed by atoms with van der Waals surface area (Å²) in [4.78, 5) is 25.6. The summed E-state index contributed by atoms with van der Waals surface area (Å²) >= 11 is 0.678. The van der Waals surface area contributed by atoms with E-state index in [1.165, 1.54) is 17.8 Å². The second-order valence-electron chi connectivity index (χ2n) is 3.76. The van der Waals surface area contributed by atoms with Crippen molar-refractivity contribution in [1.29, 1.82) is 0 Å². The Bertz CT molecular complexity index is 625. The number of rotatable bonds is 5. The molecule has 0 saturated heterocycles. The summed E-state index contributed by atoms with van der Waals surface area (Å²) in [6.07, 6.45) is 3.55. The van der Waals surface area contributed by atoms with Crippen molar-refractivity contribution in [1.82, 2.24) is 14.8 Å². The molecule has 106 valence electrons. The second-order valence-corrected chi connectivity index (χ2v) is 4.65. The van der Waals surface area contributed by atoms with Crippen molar-refractivity contribution in [2.24, 2.45) is 5.73 Å². The van der Waals surface area contributed by atoms with Gasteiger partial charge in [-0.1, -0.05) is 0 Å². The third kappa shape index (κ3) is 2.96. The van der Waals surface area contributed by atoms with E-state index < -0.39 is 22.7 Å². The average molecular weight is 301 g/mol. The first-order valence-corrected chi connectivity index (χ1v) is 6.17. The van der Waals surface area contributed by atoms with E-state index in [-0.39, 0.29) is 12.2 Å². The number of halogens is 2. The van der Waals surface area contributed by atoms with Gasteiger partial charge in [-0.25, -0.2) is 4.98 Å². The van der Waals surface area contributed by atoms with Crippen molar-refractivity contribution < 1.29 is 18.4 Å². The number of carbonyl (C=O) groups is 2. The highest BCUT2D eigenvalue weighted by atomic mass is 32.1. The van der Waals surface area contributed by atoms with Crippen LogP contribution < -0.4 is 11.1 Å². The number of nitrogens with zero attached hydrogens (tertiary/aromatic N) is 3. The second kappa shape index (κ2) is 5.33. The molecule has 2 rings (SSSR count). The number of amides is 2. The molecule has 0 aliphatic heterocycles. The Balaban J connectivity index is 2.08. The fraction of sp³-hybridized carbons (Fsp3) is 0.200. The fourth-order valence-corrected chi connectivity index (χ4v) is 1.97. The Morgan fingerprint density at radius 2 is 2.25 bits per heavy atom. The Morgan fingerprint density at radius 3 is 2.85 bits per heavy atom. The molecule has 0 unspecified atom stereocenters. The normalized spacial score (nSPS) is 11.3. The lowest BCUT2D eigenvalue weighted by molar-refractivity contribution is -0.140. The van der Waals surface area contributed by atoms with Gasteiger partial charge < -0.3 is 11.1 Å². The first kappa shape index (κ1) is 14.1. The van der Waals surface area contributed by atoms with Crippen LogP contribution in [0.15, 0.2) is 24.0 Å². The third-order valence-corrected chi connectivity index (χ3v) is 3.04. The minimum atomic E-state index is -3.74. The first-order chi connectivity index (χ1) is 9.39. The number of thiazole rings is 1. The van der Waals surface area contributed by atoms with Gasteiger partial charge in [-0.3, -0.25) is 14.3 Å². The van der Waals surface area contributed by atoms with Crippen molar-refractivity contribution in [3.8, 4) is 0 Å². The van der Waals surface area contributed by atoms with Gasteiger partial charge in [0.25, 0.3) is 0 Å². The molecule has 2 heterocycles. The van der Waals surface area contributed by atoms with Crippen LogP contribution in [0.2, 0.25) is 0 Å². The Morgan fingerprint density at radius 1 is 1.50 bits per heavy atom. The van der Waals surface area contributed by atoms with Gasteiger partial charge in [0.2, 0.25) is 5.91 Å². The molecule has 0 fully saturated rings. The topological polar surface area (TPSA) is 103 Å². The molecular weight excluding hydrogens is 292 g/mol. The summed E-state index contributed by atoms with van der Waals surface area (Å²) in [6.45, 7) is -0.210. The summed E-state index contributed by atoms with van der Waals surface area (Å²) in [7, 11) is 0. The first-order valence-electron chi connectivity index (χ1n) is 5.29. The van der Waals surface area contributed by atoms with Crippen LogP contribution in [0, 0.1) is 0 Å². The zero-order valence-electron chi connectivity index (χ0n) is 9.92. The van der Waals surface area contributed by atoms with E-state index in [0.717, 1.165) is 10.9 Å². The Labute approximate surface area is 115 Å². The highest BCUT2D eigenvalue weighted by Gasteiger charge is 2.43. The number of primary amides is 1. The molecule has 10 heteroatoms. The molecule has 0 bridgehead atoms. The van der Waals surface area contributed by atoms with E-state index in [9.17, 15) is 18.4 Å². The van der Waals surface area contributed by atoms with Gasteiger partial charge in [0.05, 0.1) is 11.9 Å². The number of nitrogens with one attached hydrogen (secondary N) is 1. The lowest BCUT2D eigenvalue weighted by atomic mass is 10.3. The Hall–Kier alpha value is -2.36. The van der Waals surface area contributed by atoms with E-state index in [4.69, 9.17) is 5.73 Å². The molecule has 0 spiro atoms. The molecule has 0 aliphatic rings. The predicted octanol–water partition coefficient (Wildman–Crippen LogP) is 0.555. The SMILES string of the molecule is NC(=O)Cn1cc(NC(=O)C(F)(F)c2nccs2)cn1. The molecule has 0 radical (unpaired) electrons. The molecule has 0 aliphatic carbocycles. The summed E-state index contributed by atoms with van der Waals surface area (Å²) in [5.74, 6) is -5.90. The van der Waals surface area contributed by atoms with Gasteiger partial charge in [0, 0.05) is 17.8 Å². The standard InChI is InChI=1S/C10H9F2N5O2S/c11-10(12,9-14-1-2-20-9)8(19)16-6-3-15-17(4-6)5-7(13)18/h1-4H,5H2,(H2,13,18)(H,16,19). The van der Waals surface area contributed by atoms with Gasteiger partial charge in [-0.15, -0.1) is 11.3 Å². The smallest absolute Gasteiger partial charge is 0.368 e. The van der Waals surface area contributed by atoms with Crippen LogP contribution in [-0.2, 0) is 22.1 Å². The van der Waals surface area contributed by atoms with Crippen LogP contribution in [-0.4, -0.2) is 26.6 Å². The maximum absolute atomic E-state index is 13.7. The minimum absolute atomic E-state index is 0.0347. The van der Waals surface area contributed by atoms with Gasteiger partial charge in [0.1, 0.15) is 6.54 Å². The molecule has 2 amide bonds. The maximum Gasteiger partial charge on any atom is 0.375 e. The van der Waals surface area contributed by atoms with Crippen LogP contribution in [0.3, 0.4) is 0 Å². The zero-order valence-corrected chi connectivity index (χ0v) is 10.7. The highest BCUT2D eigenvalue weighted by Crippen LogP contribution is 2.30. The van der Waals surface area contributed by atoms with Gasteiger partial charge in [0.15, 0.2) is 5.01 Å². The third-order valence-electron chi connectivity index (χ3n) is 2.20. The summed E-state index contributed by atoms with van der Waals surface area (Å²) in [5, 5.41) is 6.45.